The molecule has 0 atom stereocenters. The third-order valence-electron chi connectivity index (χ3n) is 1.67. The fourth-order valence-electron chi connectivity index (χ4n) is 0.933. The van der Waals surface area contributed by atoms with Crippen LogP contribution < -0.4 is 0 Å². The van der Waals surface area contributed by atoms with Gasteiger partial charge in [-0.3, -0.25) is 4.79 Å². The monoisotopic (exact) mass is 198 g/mol. The lowest BCUT2D eigenvalue weighted by molar-refractivity contribution is -0.139. The Morgan fingerprint density at radius 2 is 1.93 bits per heavy atom. The van der Waals surface area contributed by atoms with E-state index in [0.717, 1.165) is 0 Å². The largest absolute Gasteiger partial charge is 0.462 e. The molecule has 0 saturated carbocycles. The van der Waals surface area contributed by atoms with Crippen molar-refractivity contribution in [2.45, 2.75) is 34.1 Å². The van der Waals surface area contributed by atoms with Gasteiger partial charge in [-0.05, 0) is 26.2 Å². The van der Waals surface area contributed by atoms with Gasteiger partial charge < -0.3 is 4.74 Å². The first-order valence-electron chi connectivity index (χ1n) is 4.87. The second-order valence-corrected chi connectivity index (χ2v) is 3.52. The molecule has 0 aliphatic heterocycles. The summed E-state index contributed by atoms with van der Waals surface area (Å²) < 4.78 is 4.77. The van der Waals surface area contributed by atoms with Crippen LogP contribution in [0.3, 0.4) is 0 Å². The van der Waals surface area contributed by atoms with Crippen molar-refractivity contribution >= 4 is 11.8 Å². The molecule has 3 nitrogen and oxygen atoms in total. The molecule has 0 fully saturated rings. The number of hydrogen-bond acceptors (Lipinski definition) is 3. The fourth-order valence-corrected chi connectivity index (χ4v) is 0.933. The third-order valence-corrected chi connectivity index (χ3v) is 1.67. The maximum absolute atomic E-state index is 11.3. The lowest BCUT2D eigenvalue weighted by Crippen LogP contribution is -2.13. The molecule has 0 saturated heterocycles. The summed E-state index contributed by atoms with van der Waals surface area (Å²) in [6.07, 6.45) is 2.37. The Bertz CT molecular complexity index is 239. The van der Waals surface area contributed by atoms with Crippen molar-refractivity contribution in [1.29, 1.82) is 0 Å². The van der Waals surface area contributed by atoms with Crippen LogP contribution in [0.15, 0.2) is 11.6 Å². The van der Waals surface area contributed by atoms with Crippen molar-refractivity contribution in [3.8, 4) is 0 Å². The van der Waals surface area contributed by atoms with Crippen LogP contribution in [0.5, 0.6) is 0 Å². The summed E-state index contributed by atoms with van der Waals surface area (Å²) >= 11 is 0. The Hall–Kier alpha value is -1.12. The zero-order valence-electron chi connectivity index (χ0n) is 9.29. The van der Waals surface area contributed by atoms with Crippen LogP contribution in [0.25, 0.3) is 0 Å². The highest BCUT2D eigenvalue weighted by molar-refractivity contribution is 6.16. The number of esters is 1. The molecule has 80 valence electrons. The van der Waals surface area contributed by atoms with Gasteiger partial charge in [-0.25, -0.2) is 4.79 Å². The third kappa shape index (κ3) is 4.80. The first-order chi connectivity index (χ1) is 6.49. The summed E-state index contributed by atoms with van der Waals surface area (Å²) in [4.78, 5) is 22.4. The molecule has 0 rings (SSSR count). The van der Waals surface area contributed by atoms with Gasteiger partial charge in [-0.1, -0.05) is 19.9 Å². The highest BCUT2D eigenvalue weighted by Gasteiger charge is 2.14. The normalized spacial score (nSPS) is 11.6. The zero-order chi connectivity index (χ0) is 11.1. The van der Waals surface area contributed by atoms with Crippen molar-refractivity contribution in [3.05, 3.63) is 11.6 Å². The van der Waals surface area contributed by atoms with Crippen LogP contribution in [0.4, 0.5) is 0 Å². The predicted molar refractivity (Wildman–Crippen MR) is 54.9 cm³/mol. The van der Waals surface area contributed by atoms with Crippen LogP contribution in [-0.4, -0.2) is 18.4 Å². The quantitative estimate of drug-likeness (QED) is 0.294. The molecule has 0 aliphatic carbocycles. The smallest absolute Gasteiger partial charge is 0.341 e. The van der Waals surface area contributed by atoms with Crippen LogP contribution >= 0.6 is 0 Å². The summed E-state index contributed by atoms with van der Waals surface area (Å²) in [7, 11) is 0. The van der Waals surface area contributed by atoms with E-state index in [1.165, 1.54) is 6.92 Å². The summed E-state index contributed by atoms with van der Waals surface area (Å²) in [6, 6.07) is 0. The second kappa shape index (κ2) is 6.35. The topological polar surface area (TPSA) is 43.4 Å². The van der Waals surface area contributed by atoms with Gasteiger partial charge in [0.15, 0.2) is 5.78 Å². The first-order valence-corrected chi connectivity index (χ1v) is 4.87. The van der Waals surface area contributed by atoms with E-state index in [9.17, 15) is 9.59 Å². The van der Waals surface area contributed by atoms with E-state index >= 15 is 0 Å². The maximum atomic E-state index is 11.3. The number of allylic oxidation sites excluding steroid dienone is 1. The molecule has 0 spiro atoms. The average molecular weight is 198 g/mol. The maximum Gasteiger partial charge on any atom is 0.341 e. The van der Waals surface area contributed by atoms with E-state index in [1.54, 1.807) is 13.0 Å². The minimum Gasteiger partial charge on any atom is -0.462 e. The molecule has 0 aliphatic rings. The lowest BCUT2D eigenvalue weighted by atomic mass is 10.1. The number of carbonyl (C=O) groups excluding carboxylic acids is 2. The van der Waals surface area contributed by atoms with Gasteiger partial charge in [-0.2, -0.15) is 0 Å². The summed E-state index contributed by atoms with van der Waals surface area (Å²) in [6.45, 7) is 7.45. The predicted octanol–water partition coefficient (Wildman–Crippen LogP) is 2.11. The van der Waals surface area contributed by atoms with Gasteiger partial charge in [-0.15, -0.1) is 0 Å². The van der Waals surface area contributed by atoms with Crippen LogP contribution in [0.1, 0.15) is 34.1 Å². The van der Waals surface area contributed by atoms with Gasteiger partial charge in [0, 0.05) is 0 Å². The van der Waals surface area contributed by atoms with Gasteiger partial charge >= 0.3 is 5.97 Å². The summed E-state index contributed by atoms with van der Waals surface area (Å²) in [5.74, 6) is -0.316. The molecule has 0 heterocycles. The molecule has 0 N–H and O–H groups in total. The van der Waals surface area contributed by atoms with Crippen molar-refractivity contribution in [2.75, 3.05) is 6.61 Å². The van der Waals surface area contributed by atoms with E-state index in [0.29, 0.717) is 18.9 Å². The average Bonchev–Trinajstić information content (AvgIpc) is 2.03. The Morgan fingerprint density at radius 1 is 1.36 bits per heavy atom. The van der Waals surface area contributed by atoms with Crippen molar-refractivity contribution in [1.82, 2.24) is 0 Å². The minimum atomic E-state index is -0.513. The lowest BCUT2D eigenvalue weighted by Gasteiger charge is -2.04. The molecule has 0 aromatic carbocycles. The standard InChI is InChI=1S/C11H18O3/c1-5-14-11(13)10(9(4)12)7-6-8(2)3/h7-8H,5-6H2,1-4H3/b10-7+. The molecular weight excluding hydrogens is 180 g/mol. The van der Waals surface area contributed by atoms with Crippen LogP contribution in [0, 0.1) is 5.92 Å². The Balaban J connectivity index is 4.51. The zero-order valence-corrected chi connectivity index (χ0v) is 9.29. The summed E-state index contributed by atoms with van der Waals surface area (Å²) in [5, 5.41) is 0. The number of hydrogen-bond donors (Lipinski definition) is 0. The molecule has 0 unspecified atom stereocenters. The first kappa shape index (κ1) is 12.9. The van der Waals surface area contributed by atoms with E-state index in [-0.39, 0.29) is 11.4 Å². The Morgan fingerprint density at radius 3 is 2.29 bits per heavy atom. The number of Topliss-reactive ketones (excluding diaryl/α,β-unsaturated/α-hetero) is 1. The number of ketones is 1. The highest BCUT2D eigenvalue weighted by Crippen LogP contribution is 2.07. The Kier molecular flexibility index (Phi) is 5.84. The van der Waals surface area contributed by atoms with Gasteiger partial charge in [0.05, 0.1) is 12.2 Å². The molecule has 0 amide bonds. The highest BCUT2D eigenvalue weighted by atomic mass is 16.5. The van der Waals surface area contributed by atoms with Crippen LogP contribution in [0.2, 0.25) is 0 Å². The fraction of sp³-hybridized carbons (Fsp3) is 0.636. The molecule has 0 aromatic heterocycles. The molecular formula is C11H18O3. The molecule has 0 aromatic rings. The van der Waals surface area contributed by atoms with Gasteiger partial charge in [0.1, 0.15) is 0 Å². The molecule has 3 heteroatoms. The van der Waals surface area contributed by atoms with E-state index in [4.69, 9.17) is 4.74 Å². The minimum absolute atomic E-state index is 0.167. The number of carbonyl (C=O) groups is 2. The molecule has 0 radical (unpaired) electrons. The SMILES string of the molecule is CCOC(=O)/C(=C/CC(C)C)C(C)=O. The van der Waals surface area contributed by atoms with Crippen molar-refractivity contribution < 1.29 is 14.3 Å². The summed E-state index contributed by atoms with van der Waals surface area (Å²) in [5.41, 5.74) is 0.167. The number of ether oxygens (including phenoxy) is 1. The van der Waals surface area contributed by atoms with Crippen molar-refractivity contribution in [2.24, 2.45) is 5.92 Å². The second-order valence-electron chi connectivity index (χ2n) is 3.52. The van der Waals surface area contributed by atoms with Gasteiger partial charge in [0.25, 0.3) is 0 Å². The van der Waals surface area contributed by atoms with Crippen LogP contribution in [-0.2, 0) is 14.3 Å². The molecule has 0 bridgehead atoms. The molecule has 14 heavy (non-hydrogen) atoms. The van der Waals surface area contributed by atoms with Gasteiger partial charge in [0.2, 0.25) is 0 Å². The van der Waals surface area contributed by atoms with E-state index in [2.05, 4.69) is 0 Å². The van der Waals surface area contributed by atoms with Crippen molar-refractivity contribution in [3.63, 3.8) is 0 Å². The van der Waals surface area contributed by atoms with E-state index in [1.807, 2.05) is 13.8 Å². The van der Waals surface area contributed by atoms with E-state index < -0.39 is 5.97 Å². The Labute approximate surface area is 85.1 Å². The number of rotatable bonds is 5.